The molecule has 4 bridgehead atoms. The molecule has 0 aromatic rings. The van der Waals surface area contributed by atoms with Crippen molar-refractivity contribution in [1.29, 1.82) is 0 Å². The summed E-state index contributed by atoms with van der Waals surface area (Å²) in [7, 11) is 0. The van der Waals surface area contributed by atoms with E-state index in [-0.39, 0.29) is 21.8 Å². The van der Waals surface area contributed by atoms with Crippen molar-refractivity contribution in [3.63, 3.8) is 0 Å². The first kappa shape index (κ1) is 17.5. The van der Waals surface area contributed by atoms with Gasteiger partial charge in [-0.1, -0.05) is 15.9 Å². The van der Waals surface area contributed by atoms with E-state index in [2.05, 4.69) is 20.8 Å². The second-order valence-electron chi connectivity index (χ2n) is 9.51. The molecule has 3 unspecified atom stereocenters. The highest BCUT2D eigenvalue weighted by molar-refractivity contribution is 9.10. The summed E-state index contributed by atoms with van der Waals surface area (Å²) >= 11 is 4.01. The number of hydrogen-bond acceptors (Lipinski definition) is 3. The smallest absolute Gasteiger partial charge is 0.251 e. The minimum atomic E-state index is -0.242. The van der Waals surface area contributed by atoms with Crippen LogP contribution in [0.1, 0.15) is 51.4 Å². The number of piperazine rings is 1. The lowest BCUT2D eigenvalue weighted by Crippen LogP contribution is -2.61. The van der Waals surface area contributed by atoms with Gasteiger partial charge >= 0.3 is 0 Å². The molecule has 6 rings (SSSR count). The lowest BCUT2D eigenvalue weighted by Gasteiger charge is -2.60. The Bertz CT molecular complexity index is 596. The molecule has 6 fully saturated rings. The van der Waals surface area contributed by atoms with E-state index < -0.39 is 0 Å². The van der Waals surface area contributed by atoms with E-state index in [1.165, 1.54) is 19.3 Å². The first-order valence-corrected chi connectivity index (χ1v) is 11.1. The molecule has 26 heavy (non-hydrogen) atoms. The Kier molecular flexibility index (Phi) is 4.16. The van der Waals surface area contributed by atoms with Crippen molar-refractivity contribution in [3.8, 4) is 0 Å². The zero-order valence-electron chi connectivity index (χ0n) is 15.4. The molecule has 4 aliphatic carbocycles. The van der Waals surface area contributed by atoms with Crippen LogP contribution in [0.15, 0.2) is 0 Å². The van der Waals surface area contributed by atoms with E-state index in [4.69, 9.17) is 4.74 Å². The van der Waals surface area contributed by atoms with Crippen molar-refractivity contribution < 1.29 is 14.3 Å². The highest BCUT2D eigenvalue weighted by atomic mass is 79.9. The molecule has 0 aromatic heterocycles. The highest BCUT2D eigenvalue weighted by Gasteiger charge is 2.60. The average Bonchev–Trinajstić information content (AvgIpc) is 3.13. The molecule has 4 saturated carbocycles. The van der Waals surface area contributed by atoms with Gasteiger partial charge in [0, 0.05) is 37.1 Å². The molecular weight excluding hydrogens is 396 g/mol. The van der Waals surface area contributed by atoms with Crippen LogP contribution >= 0.6 is 15.9 Å². The Labute approximate surface area is 163 Å². The first-order chi connectivity index (χ1) is 12.5. The van der Waals surface area contributed by atoms with Gasteiger partial charge in [-0.2, -0.15) is 0 Å². The van der Waals surface area contributed by atoms with Crippen LogP contribution < -0.4 is 0 Å². The van der Waals surface area contributed by atoms with Gasteiger partial charge in [0.25, 0.3) is 5.91 Å². The maximum atomic E-state index is 13.5. The van der Waals surface area contributed by atoms with Crippen LogP contribution in [0.3, 0.4) is 0 Å². The van der Waals surface area contributed by atoms with Crippen LogP contribution in [0.5, 0.6) is 0 Å². The molecule has 2 heterocycles. The maximum Gasteiger partial charge on any atom is 0.251 e. The van der Waals surface area contributed by atoms with Crippen molar-refractivity contribution in [2.45, 2.75) is 61.8 Å². The van der Waals surface area contributed by atoms with Crippen molar-refractivity contribution in [2.24, 2.45) is 17.3 Å². The standard InChI is InChI=1S/C20H29BrN2O3/c21-20-11-14-8-15(12-20)10-19(9-14,13-20)18(25)23-5-3-22(4-6-23)17(24)16-2-1-7-26-16/h14-16H,1-13H2. The molecular formula is C20H29BrN2O3. The van der Waals surface area contributed by atoms with E-state index >= 15 is 0 Å². The molecule has 6 aliphatic rings. The minimum Gasteiger partial charge on any atom is -0.368 e. The Morgan fingerprint density at radius 3 is 2.19 bits per heavy atom. The number of carbonyl (C=O) groups is 2. The van der Waals surface area contributed by atoms with Gasteiger partial charge < -0.3 is 14.5 Å². The number of carbonyl (C=O) groups excluding carboxylic acids is 2. The summed E-state index contributed by atoms with van der Waals surface area (Å²) in [6.45, 7) is 3.39. The summed E-state index contributed by atoms with van der Waals surface area (Å²) in [5.74, 6) is 1.95. The van der Waals surface area contributed by atoms with E-state index in [9.17, 15) is 9.59 Å². The quantitative estimate of drug-likeness (QED) is 0.640. The fourth-order valence-electron chi connectivity index (χ4n) is 6.84. The molecule has 6 heteroatoms. The predicted molar refractivity (Wildman–Crippen MR) is 101 cm³/mol. The Morgan fingerprint density at radius 1 is 0.962 bits per heavy atom. The fourth-order valence-corrected chi connectivity index (χ4v) is 8.29. The summed E-state index contributed by atoms with van der Waals surface area (Å²) in [6, 6.07) is 0. The molecule has 144 valence electrons. The normalized spacial score (nSPS) is 44.6. The molecule has 0 radical (unpaired) electrons. The van der Waals surface area contributed by atoms with Crippen molar-refractivity contribution >= 4 is 27.7 Å². The summed E-state index contributed by atoms with van der Waals surface area (Å²) in [6.07, 6.45) is 8.60. The number of alkyl halides is 1. The zero-order chi connectivity index (χ0) is 17.9. The van der Waals surface area contributed by atoms with Crippen molar-refractivity contribution in [3.05, 3.63) is 0 Å². The average molecular weight is 425 g/mol. The van der Waals surface area contributed by atoms with Crippen LogP contribution in [0.25, 0.3) is 0 Å². The second kappa shape index (κ2) is 6.20. The van der Waals surface area contributed by atoms with Gasteiger partial charge in [-0.15, -0.1) is 0 Å². The molecule has 0 N–H and O–H groups in total. The number of hydrogen-bond donors (Lipinski definition) is 0. The predicted octanol–water partition coefficient (Wildman–Crippen LogP) is 2.57. The van der Waals surface area contributed by atoms with Crippen LogP contribution in [0.4, 0.5) is 0 Å². The van der Waals surface area contributed by atoms with Gasteiger partial charge in [-0.25, -0.2) is 0 Å². The van der Waals surface area contributed by atoms with E-state index in [0.29, 0.717) is 38.7 Å². The lowest BCUT2D eigenvalue weighted by atomic mass is 9.49. The SMILES string of the molecule is O=C(C1CCCO1)N1CCN(C(=O)C23CC4CC(CC(Br)(C4)C2)C3)CC1. The largest absolute Gasteiger partial charge is 0.368 e. The summed E-state index contributed by atoms with van der Waals surface area (Å²) in [5, 5.41) is 0. The van der Waals surface area contributed by atoms with Gasteiger partial charge in [-0.05, 0) is 63.2 Å². The van der Waals surface area contributed by atoms with E-state index in [0.717, 1.165) is 43.9 Å². The monoisotopic (exact) mass is 424 g/mol. The second-order valence-corrected chi connectivity index (χ2v) is 11.2. The maximum absolute atomic E-state index is 13.5. The number of amides is 2. The third-order valence-electron chi connectivity index (χ3n) is 7.53. The molecule has 5 nitrogen and oxygen atoms in total. The number of nitrogens with zero attached hydrogens (tertiary/aromatic N) is 2. The minimum absolute atomic E-state index is 0.129. The van der Waals surface area contributed by atoms with Crippen LogP contribution in [0.2, 0.25) is 0 Å². The van der Waals surface area contributed by atoms with E-state index in [1.807, 2.05) is 4.90 Å². The van der Waals surface area contributed by atoms with Gasteiger partial charge in [0.1, 0.15) is 6.10 Å². The summed E-state index contributed by atoms with van der Waals surface area (Å²) in [4.78, 5) is 30.0. The van der Waals surface area contributed by atoms with Crippen LogP contribution in [-0.2, 0) is 14.3 Å². The highest BCUT2D eigenvalue weighted by Crippen LogP contribution is 2.64. The molecule has 2 aliphatic heterocycles. The number of rotatable bonds is 2. The Balaban J connectivity index is 1.24. The van der Waals surface area contributed by atoms with Gasteiger partial charge in [0.2, 0.25) is 5.91 Å². The molecule has 3 atom stereocenters. The topological polar surface area (TPSA) is 49.9 Å². The van der Waals surface area contributed by atoms with Gasteiger partial charge in [0.15, 0.2) is 0 Å². The molecule has 2 saturated heterocycles. The van der Waals surface area contributed by atoms with Crippen LogP contribution in [-0.4, -0.2) is 64.8 Å². The molecule has 2 amide bonds. The van der Waals surface area contributed by atoms with Gasteiger partial charge in [0.05, 0.1) is 5.41 Å². The van der Waals surface area contributed by atoms with Crippen molar-refractivity contribution in [2.75, 3.05) is 32.8 Å². The fraction of sp³-hybridized carbons (Fsp3) is 0.900. The lowest BCUT2D eigenvalue weighted by molar-refractivity contribution is -0.159. The Morgan fingerprint density at radius 2 is 1.62 bits per heavy atom. The first-order valence-electron chi connectivity index (χ1n) is 10.4. The third-order valence-corrected chi connectivity index (χ3v) is 8.45. The number of halogens is 1. The van der Waals surface area contributed by atoms with E-state index in [1.54, 1.807) is 0 Å². The van der Waals surface area contributed by atoms with Gasteiger partial charge in [-0.3, -0.25) is 9.59 Å². The molecule has 0 aromatic carbocycles. The van der Waals surface area contributed by atoms with Crippen molar-refractivity contribution in [1.82, 2.24) is 9.80 Å². The zero-order valence-corrected chi connectivity index (χ0v) is 17.0. The third kappa shape index (κ3) is 2.83. The summed E-state index contributed by atoms with van der Waals surface area (Å²) in [5.41, 5.74) is -0.131. The summed E-state index contributed by atoms with van der Waals surface area (Å²) < 4.78 is 5.75. The van der Waals surface area contributed by atoms with Crippen LogP contribution in [0, 0.1) is 17.3 Å². The Hall–Kier alpha value is -0.620. The molecule has 0 spiro atoms. The number of ether oxygens (including phenoxy) is 1.